The normalized spacial score (nSPS) is 24.4. The van der Waals surface area contributed by atoms with E-state index < -0.39 is 0 Å². The first-order chi connectivity index (χ1) is 8.82. The average molecular weight is 325 g/mol. The summed E-state index contributed by atoms with van der Waals surface area (Å²) in [5.74, 6) is -0.414. The van der Waals surface area contributed by atoms with E-state index in [-0.39, 0.29) is 23.2 Å². The fourth-order valence-corrected chi connectivity index (χ4v) is 2.93. The number of hydrogen-bond donors (Lipinski definition) is 0. The predicted molar refractivity (Wildman–Crippen MR) is 77.3 cm³/mol. The SMILES string of the molecule is CC(C)(C)N1C[C@H](c2ccc(Br)cc2F)[C@@H](C#N)C1. The van der Waals surface area contributed by atoms with Crippen LogP contribution in [0.3, 0.4) is 0 Å². The number of halogens is 2. The Bertz CT molecular complexity index is 516. The molecule has 1 fully saturated rings. The lowest BCUT2D eigenvalue weighted by atomic mass is 9.90. The van der Waals surface area contributed by atoms with E-state index in [4.69, 9.17) is 0 Å². The van der Waals surface area contributed by atoms with Crippen LogP contribution >= 0.6 is 15.9 Å². The molecule has 19 heavy (non-hydrogen) atoms. The summed E-state index contributed by atoms with van der Waals surface area (Å²) < 4.78 is 14.8. The number of benzene rings is 1. The van der Waals surface area contributed by atoms with Gasteiger partial charge in [-0.2, -0.15) is 5.26 Å². The van der Waals surface area contributed by atoms with E-state index >= 15 is 0 Å². The van der Waals surface area contributed by atoms with Crippen molar-refractivity contribution in [3.05, 3.63) is 34.1 Å². The largest absolute Gasteiger partial charge is 0.297 e. The molecule has 1 aliphatic rings. The fourth-order valence-electron chi connectivity index (χ4n) is 2.60. The third kappa shape index (κ3) is 2.98. The molecule has 2 nitrogen and oxygen atoms in total. The predicted octanol–water partition coefficient (Wildman–Crippen LogP) is 3.93. The van der Waals surface area contributed by atoms with E-state index in [9.17, 15) is 9.65 Å². The summed E-state index contributed by atoms with van der Waals surface area (Å²) in [6.07, 6.45) is 0. The number of nitriles is 1. The van der Waals surface area contributed by atoms with Gasteiger partial charge < -0.3 is 0 Å². The van der Waals surface area contributed by atoms with Crippen LogP contribution in [0, 0.1) is 23.1 Å². The summed E-state index contributed by atoms with van der Waals surface area (Å²) in [4.78, 5) is 2.26. The molecular formula is C15H18BrFN2. The molecule has 2 rings (SSSR count). The van der Waals surface area contributed by atoms with Gasteiger partial charge in [-0.3, -0.25) is 4.90 Å². The Morgan fingerprint density at radius 3 is 2.58 bits per heavy atom. The van der Waals surface area contributed by atoms with E-state index in [1.54, 1.807) is 6.07 Å². The first-order valence-electron chi connectivity index (χ1n) is 6.42. The van der Waals surface area contributed by atoms with Crippen molar-refractivity contribution < 1.29 is 4.39 Å². The summed E-state index contributed by atoms with van der Waals surface area (Å²) in [5.41, 5.74) is 0.664. The van der Waals surface area contributed by atoms with Gasteiger partial charge in [-0.1, -0.05) is 22.0 Å². The summed E-state index contributed by atoms with van der Waals surface area (Å²) in [7, 11) is 0. The first kappa shape index (κ1) is 14.5. The Morgan fingerprint density at radius 1 is 1.37 bits per heavy atom. The second-order valence-electron chi connectivity index (χ2n) is 6.08. The van der Waals surface area contributed by atoms with E-state index in [0.29, 0.717) is 12.1 Å². The van der Waals surface area contributed by atoms with Crippen molar-refractivity contribution in [1.82, 2.24) is 4.90 Å². The summed E-state index contributed by atoms with van der Waals surface area (Å²) in [5, 5.41) is 9.32. The first-order valence-corrected chi connectivity index (χ1v) is 7.22. The maximum Gasteiger partial charge on any atom is 0.127 e. The van der Waals surface area contributed by atoms with E-state index in [1.165, 1.54) is 6.07 Å². The highest BCUT2D eigenvalue weighted by molar-refractivity contribution is 9.10. The molecular weight excluding hydrogens is 307 g/mol. The second kappa shape index (κ2) is 5.22. The van der Waals surface area contributed by atoms with Gasteiger partial charge in [0.2, 0.25) is 0 Å². The minimum Gasteiger partial charge on any atom is -0.297 e. The lowest BCUT2D eigenvalue weighted by molar-refractivity contribution is 0.170. The summed E-state index contributed by atoms with van der Waals surface area (Å²) >= 11 is 3.27. The molecule has 4 heteroatoms. The molecule has 0 N–H and O–H groups in total. The van der Waals surface area contributed by atoms with Crippen molar-refractivity contribution in [3.63, 3.8) is 0 Å². The topological polar surface area (TPSA) is 27.0 Å². The maximum atomic E-state index is 14.1. The molecule has 1 aromatic carbocycles. The van der Waals surface area contributed by atoms with Crippen LogP contribution in [0.5, 0.6) is 0 Å². The summed E-state index contributed by atoms with van der Waals surface area (Å²) in [6.45, 7) is 7.83. The van der Waals surface area contributed by atoms with Crippen molar-refractivity contribution >= 4 is 15.9 Å². The Morgan fingerprint density at radius 2 is 2.05 bits per heavy atom. The molecule has 2 atom stereocenters. The molecule has 1 heterocycles. The zero-order chi connectivity index (χ0) is 14.2. The van der Waals surface area contributed by atoms with Crippen LogP contribution < -0.4 is 0 Å². The monoisotopic (exact) mass is 324 g/mol. The zero-order valence-corrected chi connectivity index (χ0v) is 13.0. The molecule has 0 spiro atoms. The minimum atomic E-state index is -0.226. The number of rotatable bonds is 1. The molecule has 0 bridgehead atoms. The van der Waals surface area contributed by atoms with Gasteiger partial charge in [-0.15, -0.1) is 0 Å². The standard InChI is InChI=1S/C15H18BrFN2/c1-15(2,3)19-8-10(7-18)13(9-19)12-5-4-11(16)6-14(12)17/h4-6,10,13H,8-9H2,1-3H3/t10-,13-/m0/s1. The van der Waals surface area contributed by atoms with Crippen molar-refractivity contribution in [2.45, 2.75) is 32.2 Å². The van der Waals surface area contributed by atoms with Crippen LogP contribution in [0.4, 0.5) is 4.39 Å². The van der Waals surface area contributed by atoms with Crippen LogP contribution in [0.1, 0.15) is 32.3 Å². The van der Waals surface area contributed by atoms with Gasteiger partial charge in [0.05, 0.1) is 12.0 Å². The Labute approximate surface area is 122 Å². The summed E-state index contributed by atoms with van der Waals surface area (Å²) in [6, 6.07) is 7.44. The molecule has 1 aromatic rings. The van der Waals surface area contributed by atoms with Gasteiger partial charge in [-0.05, 0) is 38.5 Å². The molecule has 0 aromatic heterocycles. The van der Waals surface area contributed by atoms with Crippen LogP contribution in [0.25, 0.3) is 0 Å². The number of nitrogens with zero attached hydrogens (tertiary/aromatic N) is 2. The second-order valence-corrected chi connectivity index (χ2v) is 7.00. The van der Waals surface area contributed by atoms with Gasteiger partial charge in [0.25, 0.3) is 0 Å². The molecule has 1 saturated heterocycles. The van der Waals surface area contributed by atoms with Crippen LogP contribution in [-0.2, 0) is 0 Å². The molecule has 1 aliphatic heterocycles. The van der Waals surface area contributed by atoms with Gasteiger partial charge in [0, 0.05) is 29.0 Å². The molecule has 0 radical (unpaired) electrons. The molecule has 0 saturated carbocycles. The molecule has 0 unspecified atom stereocenters. The molecule has 102 valence electrons. The maximum absolute atomic E-state index is 14.1. The third-order valence-electron chi connectivity index (χ3n) is 3.80. The van der Waals surface area contributed by atoms with E-state index in [1.807, 2.05) is 6.07 Å². The fraction of sp³-hybridized carbons (Fsp3) is 0.533. The highest BCUT2D eigenvalue weighted by atomic mass is 79.9. The average Bonchev–Trinajstić information content (AvgIpc) is 2.72. The van der Waals surface area contributed by atoms with Crippen LogP contribution in [-0.4, -0.2) is 23.5 Å². The third-order valence-corrected chi connectivity index (χ3v) is 4.29. The van der Waals surface area contributed by atoms with Crippen LogP contribution in [0.2, 0.25) is 0 Å². The lowest BCUT2D eigenvalue weighted by Crippen LogP contribution is -2.39. The Balaban J connectivity index is 2.31. The Kier molecular flexibility index (Phi) is 3.98. The highest BCUT2D eigenvalue weighted by Gasteiger charge is 2.39. The van der Waals surface area contributed by atoms with Crippen molar-refractivity contribution in [1.29, 1.82) is 5.26 Å². The Hall–Kier alpha value is -0.920. The van der Waals surface area contributed by atoms with Crippen molar-refractivity contribution in [3.8, 4) is 6.07 Å². The van der Waals surface area contributed by atoms with Gasteiger partial charge >= 0.3 is 0 Å². The van der Waals surface area contributed by atoms with Crippen molar-refractivity contribution in [2.75, 3.05) is 13.1 Å². The zero-order valence-electron chi connectivity index (χ0n) is 11.5. The van der Waals surface area contributed by atoms with Gasteiger partial charge in [-0.25, -0.2) is 4.39 Å². The highest BCUT2D eigenvalue weighted by Crippen LogP contribution is 2.37. The van der Waals surface area contributed by atoms with E-state index in [2.05, 4.69) is 47.7 Å². The molecule has 0 amide bonds. The minimum absolute atomic E-state index is 0.00961. The van der Waals surface area contributed by atoms with Crippen molar-refractivity contribution in [2.24, 2.45) is 5.92 Å². The lowest BCUT2D eigenvalue weighted by Gasteiger charge is -2.31. The molecule has 0 aliphatic carbocycles. The van der Waals surface area contributed by atoms with Gasteiger partial charge in [0.1, 0.15) is 5.82 Å². The van der Waals surface area contributed by atoms with Gasteiger partial charge in [0.15, 0.2) is 0 Å². The smallest absolute Gasteiger partial charge is 0.127 e. The number of hydrogen-bond acceptors (Lipinski definition) is 2. The number of likely N-dealkylation sites (tertiary alicyclic amines) is 1. The van der Waals surface area contributed by atoms with Crippen LogP contribution in [0.15, 0.2) is 22.7 Å². The van der Waals surface area contributed by atoms with E-state index in [0.717, 1.165) is 11.0 Å². The quantitative estimate of drug-likeness (QED) is 0.782.